The number of aryl methyl sites for hydroxylation is 1. The molecule has 2 aromatic carbocycles. The van der Waals surface area contributed by atoms with Crippen LogP contribution in [0.1, 0.15) is 27.1 Å². The summed E-state index contributed by atoms with van der Waals surface area (Å²) in [5.41, 5.74) is 4.53. The third kappa shape index (κ3) is 4.79. The number of anilines is 1. The molecule has 0 spiro atoms. The fraction of sp³-hybridized carbons (Fsp3) is 0.250. The van der Waals surface area contributed by atoms with Crippen LogP contribution in [0.3, 0.4) is 0 Å². The van der Waals surface area contributed by atoms with Gasteiger partial charge < -0.3 is 9.64 Å². The predicted octanol–water partition coefficient (Wildman–Crippen LogP) is 6.19. The van der Waals surface area contributed by atoms with Crippen LogP contribution < -0.4 is 4.90 Å². The number of benzene rings is 2. The fourth-order valence-electron chi connectivity index (χ4n) is 3.40. The standard InChI is InChI=1S/C24H21Cl2NOS/c1-17-21(15-19-8-10-22(25)23(26)16-19)20(9-7-18-5-3-2-4-6-18)24(29-17)27-11-13-28-14-12-27/h2-6,8,10,16H,11-15H2,1H3. The number of halogens is 2. The molecule has 29 heavy (non-hydrogen) atoms. The number of morpholine rings is 1. The molecule has 0 unspecified atom stereocenters. The molecule has 1 aliphatic heterocycles. The van der Waals surface area contributed by atoms with Gasteiger partial charge in [0, 0.05) is 23.5 Å². The van der Waals surface area contributed by atoms with Crippen LogP contribution in [0.2, 0.25) is 10.0 Å². The number of ether oxygens (including phenoxy) is 1. The molecule has 3 aromatic rings. The summed E-state index contributed by atoms with van der Waals surface area (Å²) in [4.78, 5) is 3.68. The molecule has 1 aliphatic rings. The van der Waals surface area contributed by atoms with Crippen LogP contribution in [-0.4, -0.2) is 26.3 Å². The van der Waals surface area contributed by atoms with E-state index in [1.54, 1.807) is 0 Å². The van der Waals surface area contributed by atoms with Crippen molar-refractivity contribution in [3.05, 3.63) is 85.7 Å². The molecule has 0 aliphatic carbocycles. The van der Waals surface area contributed by atoms with E-state index in [9.17, 15) is 0 Å². The van der Waals surface area contributed by atoms with Gasteiger partial charge in [0.05, 0.1) is 28.8 Å². The van der Waals surface area contributed by atoms with Gasteiger partial charge in [-0.2, -0.15) is 0 Å². The normalized spacial score (nSPS) is 13.8. The van der Waals surface area contributed by atoms with Crippen molar-refractivity contribution in [2.24, 2.45) is 0 Å². The molecular weight excluding hydrogens is 421 g/mol. The zero-order valence-electron chi connectivity index (χ0n) is 16.2. The average Bonchev–Trinajstić information content (AvgIpc) is 3.06. The Kier molecular flexibility index (Phi) is 6.47. The van der Waals surface area contributed by atoms with Gasteiger partial charge in [-0.3, -0.25) is 0 Å². The van der Waals surface area contributed by atoms with Gasteiger partial charge in [-0.25, -0.2) is 0 Å². The molecule has 4 rings (SSSR count). The van der Waals surface area contributed by atoms with Gasteiger partial charge in [-0.05, 0) is 48.7 Å². The van der Waals surface area contributed by atoms with Gasteiger partial charge >= 0.3 is 0 Å². The first kappa shape index (κ1) is 20.3. The Morgan fingerprint density at radius 3 is 2.48 bits per heavy atom. The second-order valence-corrected chi connectivity index (χ2v) is 8.98. The highest BCUT2D eigenvalue weighted by Gasteiger charge is 2.21. The maximum atomic E-state index is 6.25. The molecule has 2 nitrogen and oxygen atoms in total. The fourth-order valence-corrected chi connectivity index (χ4v) is 4.90. The van der Waals surface area contributed by atoms with Crippen molar-refractivity contribution in [1.29, 1.82) is 0 Å². The molecule has 1 aromatic heterocycles. The number of hydrogen-bond acceptors (Lipinski definition) is 3. The maximum absolute atomic E-state index is 6.25. The highest BCUT2D eigenvalue weighted by Crippen LogP contribution is 2.37. The molecule has 0 N–H and O–H groups in total. The topological polar surface area (TPSA) is 12.5 Å². The lowest BCUT2D eigenvalue weighted by molar-refractivity contribution is 0.123. The Balaban J connectivity index is 1.75. The van der Waals surface area contributed by atoms with Crippen LogP contribution >= 0.6 is 34.5 Å². The van der Waals surface area contributed by atoms with Crippen LogP contribution in [0.25, 0.3) is 0 Å². The summed E-state index contributed by atoms with van der Waals surface area (Å²) in [5, 5.41) is 2.40. The lowest BCUT2D eigenvalue weighted by Gasteiger charge is -2.28. The molecule has 0 bridgehead atoms. The van der Waals surface area contributed by atoms with E-state index in [2.05, 4.69) is 23.7 Å². The van der Waals surface area contributed by atoms with E-state index in [4.69, 9.17) is 27.9 Å². The Morgan fingerprint density at radius 2 is 1.76 bits per heavy atom. The van der Waals surface area contributed by atoms with Crippen molar-refractivity contribution in [2.75, 3.05) is 31.2 Å². The lowest BCUT2D eigenvalue weighted by Crippen LogP contribution is -2.36. The third-order valence-electron chi connectivity index (χ3n) is 4.96. The van der Waals surface area contributed by atoms with E-state index >= 15 is 0 Å². The van der Waals surface area contributed by atoms with Crippen molar-refractivity contribution in [1.82, 2.24) is 0 Å². The molecule has 0 atom stereocenters. The monoisotopic (exact) mass is 441 g/mol. The summed E-state index contributed by atoms with van der Waals surface area (Å²) in [6.45, 7) is 5.47. The smallest absolute Gasteiger partial charge is 0.108 e. The van der Waals surface area contributed by atoms with Crippen LogP contribution in [0.5, 0.6) is 0 Å². The van der Waals surface area contributed by atoms with Gasteiger partial charge in [-0.1, -0.05) is 59.3 Å². The summed E-state index contributed by atoms with van der Waals surface area (Å²) in [6, 6.07) is 16.0. The first-order valence-corrected chi connectivity index (χ1v) is 11.1. The van der Waals surface area contributed by atoms with E-state index < -0.39 is 0 Å². The van der Waals surface area contributed by atoms with Gasteiger partial charge in [0.2, 0.25) is 0 Å². The number of rotatable bonds is 3. The van der Waals surface area contributed by atoms with Crippen molar-refractivity contribution < 1.29 is 4.74 Å². The predicted molar refractivity (Wildman–Crippen MR) is 124 cm³/mol. The maximum Gasteiger partial charge on any atom is 0.108 e. The van der Waals surface area contributed by atoms with Gasteiger partial charge in [-0.15, -0.1) is 11.3 Å². The Bertz CT molecular complexity index is 1060. The van der Waals surface area contributed by atoms with E-state index in [1.807, 2.05) is 59.9 Å². The first-order chi connectivity index (χ1) is 14.1. The average molecular weight is 442 g/mol. The Labute approximate surface area is 186 Å². The second-order valence-electron chi connectivity index (χ2n) is 6.96. The Hall–Kier alpha value is -1.96. The van der Waals surface area contributed by atoms with Crippen LogP contribution in [-0.2, 0) is 11.2 Å². The second kappa shape index (κ2) is 9.24. The highest BCUT2D eigenvalue weighted by molar-refractivity contribution is 7.16. The van der Waals surface area contributed by atoms with Crippen molar-refractivity contribution in [3.8, 4) is 11.8 Å². The largest absolute Gasteiger partial charge is 0.378 e. The molecule has 0 saturated carbocycles. The number of nitrogens with zero attached hydrogens (tertiary/aromatic N) is 1. The summed E-state index contributed by atoms with van der Waals surface area (Å²) < 4.78 is 5.55. The molecule has 1 saturated heterocycles. The lowest BCUT2D eigenvalue weighted by atomic mass is 10.0. The van der Waals surface area contributed by atoms with E-state index in [0.717, 1.165) is 49.4 Å². The molecule has 148 valence electrons. The van der Waals surface area contributed by atoms with E-state index in [-0.39, 0.29) is 0 Å². The van der Waals surface area contributed by atoms with Crippen LogP contribution in [0, 0.1) is 18.8 Å². The van der Waals surface area contributed by atoms with Gasteiger partial charge in [0.15, 0.2) is 0 Å². The molecule has 0 radical (unpaired) electrons. The van der Waals surface area contributed by atoms with Crippen molar-refractivity contribution in [3.63, 3.8) is 0 Å². The van der Waals surface area contributed by atoms with Crippen molar-refractivity contribution in [2.45, 2.75) is 13.3 Å². The minimum Gasteiger partial charge on any atom is -0.378 e. The highest BCUT2D eigenvalue weighted by atomic mass is 35.5. The molecular formula is C24H21Cl2NOS. The molecule has 5 heteroatoms. The molecule has 1 fully saturated rings. The number of hydrogen-bond donors (Lipinski definition) is 0. The minimum atomic E-state index is 0.579. The van der Waals surface area contributed by atoms with Gasteiger partial charge in [0.1, 0.15) is 5.00 Å². The third-order valence-corrected chi connectivity index (χ3v) is 6.91. The zero-order valence-corrected chi connectivity index (χ0v) is 18.5. The van der Waals surface area contributed by atoms with E-state index in [1.165, 1.54) is 15.4 Å². The summed E-state index contributed by atoms with van der Waals surface area (Å²) in [7, 11) is 0. The zero-order chi connectivity index (χ0) is 20.2. The van der Waals surface area contributed by atoms with Crippen LogP contribution in [0.4, 0.5) is 5.00 Å². The Morgan fingerprint density at radius 1 is 1.00 bits per heavy atom. The summed E-state index contributed by atoms with van der Waals surface area (Å²) in [5.74, 6) is 6.83. The summed E-state index contributed by atoms with van der Waals surface area (Å²) in [6.07, 6.45) is 0.780. The van der Waals surface area contributed by atoms with E-state index in [0.29, 0.717) is 10.0 Å². The van der Waals surface area contributed by atoms with Crippen LogP contribution in [0.15, 0.2) is 48.5 Å². The summed E-state index contributed by atoms with van der Waals surface area (Å²) >= 11 is 14.2. The molecule has 2 heterocycles. The SMILES string of the molecule is Cc1sc(N2CCOCC2)c(C#Cc2ccccc2)c1Cc1ccc(Cl)c(Cl)c1. The first-order valence-electron chi connectivity index (χ1n) is 9.58. The minimum absolute atomic E-state index is 0.579. The molecule has 0 amide bonds. The number of thiophene rings is 1. The van der Waals surface area contributed by atoms with Gasteiger partial charge in [0.25, 0.3) is 0 Å². The van der Waals surface area contributed by atoms with Crippen molar-refractivity contribution >= 4 is 39.5 Å². The quantitative estimate of drug-likeness (QED) is 0.449.